The first-order valence-electron chi connectivity index (χ1n) is 13.9. The van der Waals surface area contributed by atoms with Crippen molar-refractivity contribution in [3.8, 4) is 0 Å². The number of carbonyl (C=O) groups is 1. The third-order valence-electron chi connectivity index (χ3n) is 8.62. The number of piperazine rings is 1. The highest BCUT2D eigenvalue weighted by molar-refractivity contribution is 6.05. The van der Waals surface area contributed by atoms with E-state index in [0.29, 0.717) is 5.56 Å². The molecule has 2 heterocycles. The zero-order valence-electron chi connectivity index (χ0n) is 22.1. The molecule has 5 heteroatoms. The van der Waals surface area contributed by atoms with Gasteiger partial charge < -0.3 is 10.2 Å². The van der Waals surface area contributed by atoms with E-state index in [9.17, 15) is 4.79 Å². The van der Waals surface area contributed by atoms with Crippen LogP contribution in [0.2, 0.25) is 0 Å². The molecule has 0 atom stereocenters. The summed E-state index contributed by atoms with van der Waals surface area (Å²) in [6.07, 6.45) is 6.45. The number of amides is 1. The summed E-state index contributed by atoms with van der Waals surface area (Å²) in [7, 11) is 0. The Labute approximate surface area is 225 Å². The topological polar surface area (TPSA) is 48.5 Å². The van der Waals surface area contributed by atoms with Crippen molar-refractivity contribution in [1.82, 2.24) is 9.88 Å². The number of anilines is 2. The maximum absolute atomic E-state index is 13.2. The number of pyridine rings is 1. The van der Waals surface area contributed by atoms with Crippen LogP contribution in [0.25, 0.3) is 10.9 Å². The van der Waals surface area contributed by atoms with Crippen molar-refractivity contribution in [2.45, 2.75) is 38.1 Å². The predicted molar refractivity (Wildman–Crippen MR) is 156 cm³/mol. The molecule has 1 amide bonds. The molecule has 2 fully saturated rings. The molecule has 0 unspecified atom stereocenters. The molecule has 5 nitrogen and oxygen atoms in total. The van der Waals surface area contributed by atoms with E-state index in [-0.39, 0.29) is 11.4 Å². The smallest absolute Gasteiger partial charge is 0.257 e. The third kappa shape index (κ3) is 4.91. The second-order valence-corrected chi connectivity index (χ2v) is 11.0. The highest BCUT2D eigenvalue weighted by atomic mass is 16.1. The Morgan fingerprint density at radius 1 is 0.868 bits per heavy atom. The van der Waals surface area contributed by atoms with Crippen LogP contribution in [-0.4, -0.2) is 42.0 Å². The molecule has 6 rings (SSSR count). The maximum atomic E-state index is 13.2. The Bertz CT molecular complexity index is 1400. The fourth-order valence-corrected chi connectivity index (χ4v) is 6.34. The van der Waals surface area contributed by atoms with Crippen LogP contribution in [0.1, 0.15) is 48.5 Å². The van der Waals surface area contributed by atoms with Gasteiger partial charge in [-0.3, -0.25) is 14.7 Å². The summed E-state index contributed by atoms with van der Waals surface area (Å²) in [5.74, 6) is 0.639. The molecule has 1 saturated carbocycles. The van der Waals surface area contributed by atoms with Crippen LogP contribution in [0.5, 0.6) is 0 Å². The summed E-state index contributed by atoms with van der Waals surface area (Å²) < 4.78 is 0. The first-order valence-corrected chi connectivity index (χ1v) is 13.9. The summed E-state index contributed by atoms with van der Waals surface area (Å²) in [5, 5.41) is 4.13. The van der Waals surface area contributed by atoms with E-state index in [1.54, 1.807) is 6.20 Å². The fraction of sp³-hybridized carbons (Fsp3) is 0.333. The molecule has 1 aliphatic heterocycles. The molecule has 194 valence electrons. The Morgan fingerprint density at radius 3 is 2.39 bits per heavy atom. The molecule has 1 N–H and O–H groups in total. The van der Waals surface area contributed by atoms with Gasteiger partial charge in [-0.1, -0.05) is 55.5 Å². The molecule has 1 aliphatic carbocycles. The second kappa shape index (κ2) is 10.6. The van der Waals surface area contributed by atoms with Gasteiger partial charge in [-0.15, -0.1) is 0 Å². The minimum absolute atomic E-state index is 0.0144. The first-order chi connectivity index (χ1) is 18.6. The van der Waals surface area contributed by atoms with Crippen molar-refractivity contribution in [1.29, 1.82) is 0 Å². The molecule has 0 bridgehead atoms. The lowest BCUT2D eigenvalue weighted by Gasteiger charge is -2.51. The van der Waals surface area contributed by atoms with E-state index in [2.05, 4.69) is 75.6 Å². The molecule has 4 aromatic rings. The number of nitrogens with one attached hydrogen (secondary N) is 1. The Kier molecular flexibility index (Phi) is 6.86. The average Bonchev–Trinajstić information content (AvgIpc) is 2.98. The van der Waals surface area contributed by atoms with Crippen molar-refractivity contribution in [3.63, 3.8) is 0 Å². The van der Waals surface area contributed by atoms with Gasteiger partial charge >= 0.3 is 0 Å². The van der Waals surface area contributed by atoms with Crippen LogP contribution in [0, 0.1) is 5.92 Å². The van der Waals surface area contributed by atoms with E-state index in [1.807, 2.05) is 36.4 Å². The number of rotatable bonds is 5. The molecule has 1 aromatic heterocycles. The van der Waals surface area contributed by atoms with E-state index in [0.717, 1.165) is 61.5 Å². The fourth-order valence-electron chi connectivity index (χ4n) is 6.34. The van der Waals surface area contributed by atoms with Gasteiger partial charge in [0.2, 0.25) is 0 Å². The van der Waals surface area contributed by atoms with Crippen LogP contribution in [0.15, 0.2) is 91.1 Å². The van der Waals surface area contributed by atoms with Crippen molar-refractivity contribution in [2.24, 2.45) is 5.92 Å². The monoisotopic (exact) mass is 504 g/mol. The maximum Gasteiger partial charge on any atom is 0.257 e. The Balaban J connectivity index is 1.23. The SMILES string of the molecule is CC1CCC(c2cccc(NC(=O)c3cnc4ccccc4c3)c2)(N2CCN(c3ccccc3)CC2)CC1. The lowest BCUT2D eigenvalue weighted by molar-refractivity contribution is 0.0299. The van der Waals surface area contributed by atoms with E-state index >= 15 is 0 Å². The lowest BCUT2D eigenvalue weighted by Crippen LogP contribution is -2.56. The summed E-state index contributed by atoms with van der Waals surface area (Å²) in [6, 6.07) is 29.1. The van der Waals surface area contributed by atoms with Crippen molar-refractivity contribution in [2.75, 3.05) is 36.4 Å². The molecule has 38 heavy (non-hydrogen) atoms. The van der Waals surface area contributed by atoms with Gasteiger partial charge in [0, 0.05) is 54.7 Å². The van der Waals surface area contributed by atoms with E-state index in [1.165, 1.54) is 24.1 Å². The van der Waals surface area contributed by atoms with Gasteiger partial charge in [0.05, 0.1) is 11.1 Å². The molecule has 0 radical (unpaired) electrons. The highest BCUT2D eigenvalue weighted by Crippen LogP contribution is 2.45. The van der Waals surface area contributed by atoms with Gasteiger partial charge in [-0.2, -0.15) is 0 Å². The molecular formula is C33H36N4O. The first kappa shape index (κ1) is 24.6. The minimum atomic E-state index is -0.122. The number of para-hydroxylation sites is 2. The van der Waals surface area contributed by atoms with Crippen LogP contribution in [0.4, 0.5) is 11.4 Å². The third-order valence-corrected chi connectivity index (χ3v) is 8.62. The largest absolute Gasteiger partial charge is 0.369 e. The van der Waals surface area contributed by atoms with Crippen LogP contribution < -0.4 is 10.2 Å². The number of hydrogen-bond donors (Lipinski definition) is 1. The molecule has 0 spiro atoms. The number of nitrogens with zero attached hydrogens (tertiary/aromatic N) is 3. The van der Waals surface area contributed by atoms with E-state index in [4.69, 9.17) is 0 Å². The van der Waals surface area contributed by atoms with Crippen LogP contribution >= 0.6 is 0 Å². The standard InChI is InChI=1S/C33H36N4O/c1-25-14-16-33(17-15-25,37-20-18-36(19-21-37)30-11-3-2-4-12-30)28-9-7-10-29(23-28)35-32(38)27-22-26-8-5-6-13-31(26)34-24-27/h2-13,22-25H,14-21H2,1H3,(H,35,38). The lowest BCUT2D eigenvalue weighted by atomic mass is 9.71. The normalized spacial score (nSPS) is 22.3. The average molecular weight is 505 g/mol. The number of aromatic nitrogens is 1. The molecule has 1 saturated heterocycles. The Morgan fingerprint density at radius 2 is 1.61 bits per heavy atom. The highest BCUT2D eigenvalue weighted by Gasteiger charge is 2.42. The Hall–Kier alpha value is -3.70. The van der Waals surface area contributed by atoms with Crippen molar-refractivity contribution in [3.05, 3.63) is 102 Å². The summed E-state index contributed by atoms with van der Waals surface area (Å²) >= 11 is 0. The van der Waals surface area contributed by atoms with Crippen LogP contribution in [0.3, 0.4) is 0 Å². The van der Waals surface area contributed by atoms with E-state index < -0.39 is 0 Å². The number of hydrogen-bond acceptors (Lipinski definition) is 4. The zero-order chi connectivity index (χ0) is 26.0. The zero-order valence-corrected chi connectivity index (χ0v) is 22.1. The van der Waals surface area contributed by atoms with Gasteiger partial charge in [-0.05, 0) is 73.6 Å². The summed E-state index contributed by atoms with van der Waals surface area (Å²) in [5.41, 5.74) is 4.97. The van der Waals surface area contributed by atoms with Gasteiger partial charge in [0.1, 0.15) is 0 Å². The molecule has 3 aromatic carbocycles. The van der Waals surface area contributed by atoms with Crippen molar-refractivity contribution >= 4 is 28.2 Å². The van der Waals surface area contributed by atoms with Gasteiger partial charge in [0.25, 0.3) is 5.91 Å². The van der Waals surface area contributed by atoms with Gasteiger partial charge in [-0.25, -0.2) is 0 Å². The van der Waals surface area contributed by atoms with Crippen molar-refractivity contribution < 1.29 is 4.79 Å². The molecular weight excluding hydrogens is 468 g/mol. The summed E-state index contributed by atoms with van der Waals surface area (Å²) in [6.45, 7) is 6.54. The summed E-state index contributed by atoms with van der Waals surface area (Å²) in [4.78, 5) is 22.9. The molecule has 2 aliphatic rings. The van der Waals surface area contributed by atoms with Gasteiger partial charge in [0.15, 0.2) is 0 Å². The number of carbonyl (C=O) groups excluding carboxylic acids is 1. The minimum Gasteiger partial charge on any atom is -0.369 e. The second-order valence-electron chi connectivity index (χ2n) is 11.0. The quantitative estimate of drug-likeness (QED) is 0.328. The van der Waals surface area contributed by atoms with Crippen LogP contribution in [-0.2, 0) is 5.54 Å². The number of benzene rings is 3. The predicted octanol–water partition coefficient (Wildman–Crippen LogP) is 6.71. The number of fused-ring (bicyclic) bond motifs is 1.